The van der Waals surface area contributed by atoms with Crippen LogP contribution in [0.15, 0.2) is 30.3 Å². The molecule has 0 aromatic heterocycles. The van der Waals surface area contributed by atoms with Gasteiger partial charge in [0.05, 0.1) is 0 Å². The fourth-order valence-corrected chi connectivity index (χ4v) is 2.59. The highest BCUT2D eigenvalue weighted by molar-refractivity contribution is 5.17. The molecule has 0 radical (unpaired) electrons. The van der Waals surface area contributed by atoms with E-state index in [1.54, 1.807) is 0 Å². The molecular weight excluding hydrogens is 230 g/mol. The van der Waals surface area contributed by atoms with Gasteiger partial charge in [0, 0.05) is 6.04 Å². The van der Waals surface area contributed by atoms with Crippen molar-refractivity contribution in [2.75, 3.05) is 6.54 Å². The normalized spacial score (nSPS) is 18.4. The van der Waals surface area contributed by atoms with E-state index >= 15 is 0 Å². The first-order valence-corrected chi connectivity index (χ1v) is 6.64. The van der Waals surface area contributed by atoms with Crippen molar-refractivity contribution in [3.05, 3.63) is 35.9 Å². The third-order valence-electron chi connectivity index (χ3n) is 3.74. The molecular formula is C15H23ClN-. The van der Waals surface area contributed by atoms with Gasteiger partial charge < -0.3 is 17.7 Å². The summed E-state index contributed by atoms with van der Waals surface area (Å²) in [5, 5.41) is 3.67. The van der Waals surface area contributed by atoms with Crippen molar-refractivity contribution in [3.63, 3.8) is 0 Å². The van der Waals surface area contributed by atoms with Gasteiger partial charge in [-0.15, -0.1) is 0 Å². The van der Waals surface area contributed by atoms with E-state index in [0.717, 1.165) is 5.92 Å². The smallest absolute Gasteiger partial charge is 0.0291 e. The first-order valence-electron chi connectivity index (χ1n) is 6.64. The Balaban J connectivity index is 0.00000144. The minimum atomic E-state index is 0. The zero-order chi connectivity index (χ0) is 11.2. The van der Waals surface area contributed by atoms with E-state index in [4.69, 9.17) is 0 Å². The zero-order valence-electron chi connectivity index (χ0n) is 10.7. The summed E-state index contributed by atoms with van der Waals surface area (Å²) in [4.78, 5) is 0. The van der Waals surface area contributed by atoms with Crippen LogP contribution < -0.4 is 17.7 Å². The second-order valence-electron chi connectivity index (χ2n) is 5.04. The summed E-state index contributed by atoms with van der Waals surface area (Å²) >= 11 is 0. The average Bonchev–Trinajstić information content (AvgIpc) is 2.38. The van der Waals surface area contributed by atoms with Gasteiger partial charge in [-0.2, -0.15) is 0 Å². The molecule has 1 unspecified atom stereocenters. The first-order chi connectivity index (χ1) is 7.86. The van der Waals surface area contributed by atoms with Crippen molar-refractivity contribution in [1.29, 1.82) is 0 Å². The van der Waals surface area contributed by atoms with Crippen LogP contribution in [0.1, 0.15) is 50.6 Å². The molecule has 1 aromatic carbocycles. The average molecular weight is 253 g/mol. The Morgan fingerprint density at radius 3 is 2.41 bits per heavy atom. The molecule has 1 N–H and O–H groups in total. The first kappa shape index (κ1) is 14.5. The lowest BCUT2D eigenvalue weighted by atomic mass is 9.89. The summed E-state index contributed by atoms with van der Waals surface area (Å²) in [6.07, 6.45) is 7.17. The predicted molar refractivity (Wildman–Crippen MR) is 69.4 cm³/mol. The van der Waals surface area contributed by atoms with Crippen LogP contribution in [-0.2, 0) is 0 Å². The van der Waals surface area contributed by atoms with Crippen molar-refractivity contribution in [2.45, 2.75) is 45.1 Å². The van der Waals surface area contributed by atoms with Crippen molar-refractivity contribution < 1.29 is 12.4 Å². The van der Waals surface area contributed by atoms with Crippen LogP contribution in [0.5, 0.6) is 0 Å². The summed E-state index contributed by atoms with van der Waals surface area (Å²) in [6, 6.07) is 11.2. The van der Waals surface area contributed by atoms with Crippen LogP contribution in [0.3, 0.4) is 0 Å². The maximum absolute atomic E-state index is 3.67. The lowest BCUT2D eigenvalue weighted by Crippen LogP contribution is -3.00. The molecule has 1 saturated carbocycles. The van der Waals surface area contributed by atoms with Crippen LogP contribution >= 0.6 is 0 Å². The van der Waals surface area contributed by atoms with Gasteiger partial charge in [0.25, 0.3) is 0 Å². The van der Waals surface area contributed by atoms with E-state index in [1.165, 1.54) is 44.2 Å². The van der Waals surface area contributed by atoms with E-state index in [2.05, 4.69) is 42.6 Å². The van der Waals surface area contributed by atoms with Gasteiger partial charge in [-0.05, 0) is 37.8 Å². The van der Waals surface area contributed by atoms with Crippen LogP contribution in [0.25, 0.3) is 0 Å². The second-order valence-corrected chi connectivity index (χ2v) is 5.04. The predicted octanol–water partition coefficient (Wildman–Crippen LogP) is 0.921. The molecule has 0 bridgehead atoms. The molecule has 0 saturated heterocycles. The number of rotatable bonds is 4. The molecule has 1 nitrogen and oxygen atoms in total. The minimum Gasteiger partial charge on any atom is -1.00 e. The Morgan fingerprint density at radius 2 is 1.76 bits per heavy atom. The van der Waals surface area contributed by atoms with Crippen molar-refractivity contribution >= 4 is 0 Å². The number of hydrogen-bond donors (Lipinski definition) is 1. The largest absolute Gasteiger partial charge is 1.00 e. The SMILES string of the molecule is CC(NCC1CCCCC1)c1ccccc1.[Cl-]. The van der Waals surface area contributed by atoms with Crippen molar-refractivity contribution in [2.24, 2.45) is 5.92 Å². The fraction of sp³-hybridized carbons (Fsp3) is 0.600. The number of nitrogens with one attached hydrogen (secondary N) is 1. The Kier molecular flexibility index (Phi) is 6.61. The monoisotopic (exact) mass is 252 g/mol. The van der Waals surface area contributed by atoms with Crippen molar-refractivity contribution in [1.82, 2.24) is 5.32 Å². The molecule has 1 aromatic rings. The van der Waals surface area contributed by atoms with E-state index < -0.39 is 0 Å². The topological polar surface area (TPSA) is 12.0 Å². The summed E-state index contributed by atoms with van der Waals surface area (Å²) < 4.78 is 0. The zero-order valence-corrected chi connectivity index (χ0v) is 11.4. The lowest BCUT2D eigenvalue weighted by Gasteiger charge is -2.24. The van der Waals surface area contributed by atoms with Gasteiger partial charge in [-0.1, -0.05) is 49.6 Å². The van der Waals surface area contributed by atoms with E-state index in [9.17, 15) is 0 Å². The fourth-order valence-electron chi connectivity index (χ4n) is 2.59. The highest BCUT2D eigenvalue weighted by atomic mass is 35.5. The van der Waals surface area contributed by atoms with Crippen LogP contribution in [0.4, 0.5) is 0 Å². The van der Waals surface area contributed by atoms with E-state index in [0.29, 0.717) is 6.04 Å². The Bertz CT molecular complexity index is 293. The standard InChI is InChI=1S/C15H23N.ClH/c1-13(15-10-6-3-7-11-15)16-12-14-8-4-2-5-9-14;/h3,6-7,10-11,13-14,16H,2,4-5,8-9,12H2,1H3;1H/p-1. The molecule has 1 aliphatic carbocycles. The summed E-state index contributed by atoms with van der Waals surface area (Å²) in [6.45, 7) is 3.45. The van der Waals surface area contributed by atoms with Gasteiger partial charge >= 0.3 is 0 Å². The van der Waals surface area contributed by atoms with Gasteiger partial charge in [0.1, 0.15) is 0 Å². The van der Waals surface area contributed by atoms with Crippen LogP contribution in [-0.4, -0.2) is 6.54 Å². The lowest BCUT2D eigenvalue weighted by molar-refractivity contribution is -0.00000344. The Morgan fingerprint density at radius 1 is 1.12 bits per heavy atom. The Hall–Kier alpha value is -0.530. The van der Waals surface area contributed by atoms with Crippen LogP contribution in [0, 0.1) is 5.92 Å². The van der Waals surface area contributed by atoms with Gasteiger partial charge in [0.15, 0.2) is 0 Å². The highest BCUT2D eigenvalue weighted by Crippen LogP contribution is 2.23. The molecule has 0 amide bonds. The molecule has 1 aliphatic rings. The summed E-state index contributed by atoms with van der Waals surface area (Å²) in [5.74, 6) is 0.917. The molecule has 2 rings (SSSR count). The van der Waals surface area contributed by atoms with E-state index in [-0.39, 0.29) is 12.4 Å². The Labute approximate surface area is 111 Å². The summed E-state index contributed by atoms with van der Waals surface area (Å²) in [5.41, 5.74) is 1.40. The van der Waals surface area contributed by atoms with Gasteiger partial charge in [0.2, 0.25) is 0 Å². The van der Waals surface area contributed by atoms with Gasteiger partial charge in [-0.3, -0.25) is 0 Å². The maximum atomic E-state index is 3.67. The molecule has 1 fully saturated rings. The number of halogens is 1. The molecule has 1 atom stereocenters. The summed E-state index contributed by atoms with van der Waals surface area (Å²) in [7, 11) is 0. The highest BCUT2D eigenvalue weighted by Gasteiger charge is 2.14. The molecule has 17 heavy (non-hydrogen) atoms. The second kappa shape index (κ2) is 7.73. The van der Waals surface area contributed by atoms with Crippen molar-refractivity contribution in [3.8, 4) is 0 Å². The quantitative estimate of drug-likeness (QED) is 0.841. The molecule has 0 heterocycles. The third-order valence-corrected chi connectivity index (χ3v) is 3.74. The maximum Gasteiger partial charge on any atom is 0.0291 e. The minimum absolute atomic E-state index is 0. The molecule has 2 heteroatoms. The van der Waals surface area contributed by atoms with Crippen LogP contribution in [0.2, 0.25) is 0 Å². The molecule has 0 spiro atoms. The third kappa shape index (κ3) is 4.69. The number of benzene rings is 1. The number of hydrogen-bond acceptors (Lipinski definition) is 1. The van der Waals surface area contributed by atoms with E-state index in [1.807, 2.05) is 0 Å². The molecule has 96 valence electrons. The van der Waals surface area contributed by atoms with Gasteiger partial charge in [-0.25, -0.2) is 0 Å². The molecule has 0 aliphatic heterocycles.